The minimum absolute atomic E-state index is 0.0693. The highest BCUT2D eigenvalue weighted by molar-refractivity contribution is 5.74. The maximum atomic E-state index is 13.2. The molecule has 0 fully saturated rings. The number of benzene rings is 2. The molecule has 0 atom stereocenters. The molecule has 0 bridgehead atoms. The second kappa shape index (κ2) is 8.21. The maximum absolute atomic E-state index is 13.2. The lowest BCUT2D eigenvalue weighted by molar-refractivity contribution is 0.442. The van der Waals surface area contributed by atoms with Crippen molar-refractivity contribution in [2.45, 2.75) is 13.0 Å². The van der Waals surface area contributed by atoms with E-state index in [0.717, 1.165) is 0 Å². The Hall–Kier alpha value is -4.56. The highest BCUT2D eigenvalue weighted by Gasteiger charge is 2.16. The molecule has 30 heavy (non-hydrogen) atoms. The van der Waals surface area contributed by atoms with Gasteiger partial charge in [-0.2, -0.15) is 15.5 Å². The average molecular weight is 394 g/mol. The van der Waals surface area contributed by atoms with Crippen molar-refractivity contribution >= 4 is 11.2 Å². The maximum Gasteiger partial charge on any atom is 0.324 e. The van der Waals surface area contributed by atoms with Crippen LogP contribution in [0, 0.1) is 22.7 Å². The van der Waals surface area contributed by atoms with Gasteiger partial charge >= 0.3 is 6.01 Å². The third kappa shape index (κ3) is 3.71. The van der Waals surface area contributed by atoms with Crippen LogP contribution in [-0.2, 0) is 6.54 Å². The summed E-state index contributed by atoms with van der Waals surface area (Å²) in [6.07, 6.45) is 1.59. The van der Waals surface area contributed by atoms with Crippen LogP contribution in [0.25, 0.3) is 22.4 Å². The normalized spacial score (nSPS) is 10.3. The van der Waals surface area contributed by atoms with Crippen LogP contribution in [0.2, 0.25) is 0 Å². The molecule has 0 saturated heterocycles. The van der Waals surface area contributed by atoms with Crippen LogP contribution in [0.1, 0.15) is 12.0 Å². The van der Waals surface area contributed by atoms with Gasteiger partial charge in [-0.15, -0.1) is 0 Å². The van der Waals surface area contributed by atoms with E-state index in [1.54, 1.807) is 36.4 Å². The predicted molar refractivity (Wildman–Crippen MR) is 108 cm³/mol. The molecule has 0 saturated carbocycles. The summed E-state index contributed by atoms with van der Waals surface area (Å²) in [4.78, 5) is 26.1. The van der Waals surface area contributed by atoms with Crippen LogP contribution in [0.3, 0.4) is 0 Å². The van der Waals surface area contributed by atoms with Crippen molar-refractivity contribution < 1.29 is 4.74 Å². The van der Waals surface area contributed by atoms with Gasteiger partial charge < -0.3 is 4.74 Å². The van der Waals surface area contributed by atoms with E-state index in [1.807, 2.05) is 24.3 Å². The predicted octanol–water partition coefficient (Wildman–Crippen LogP) is 3.43. The number of fused-ring (bicyclic) bond motifs is 1. The average Bonchev–Trinajstić information content (AvgIpc) is 2.79. The summed E-state index contributed by atoms with van der Waals surface area (Å²) in [5.41, 5.74) is 1.34. The first-order valence-electron chi connectivity index (χ1n) is 9.07. The van der Waals surface area contributed by atoms with Crippen LogP contribution in [0.4, 0.5) is 0 Å². The van der Waals surface area contributed by atoms with Gasteiger partial charge in [0.05, 0.1) is 30.3 Å². The van der Waals surface area contributed by atoms with E-state index < -0.39 is 5.56 Å². The molecule has 144 valence electrons. The number of nitriles is 2. The van der Waals surface area contributed by atoms with Gasteiger partial charge in [0.1, 0.15) is 17.0 Å². The molecular weight excluding hydrogens is 380 g/mol. The summed E-state index contributed by atoms with van der Waals surface area (Å²) < 4.78 is 7.05. The minimum atomic E-state index is -0.405. The van der Waals surface area contributed by atoms with Crippen LogP contribution in [-0.4, -0.2) is 19.5 Å². The van der Waals surface area contributed by atoms with Crippen molar-refractivity contribution in [2.75, 3.05) is 0 Å². The van der Waals surface area contributed by atoms with Gasteiger partial charge in [-0.05, 0) is 24.3 Å². The molecule has 0 aliphatic carbocycles. The number of hydrogen-bond donors (Lipinski definition) is 0. The Morgan fingerprint density at radius 1 is 1.03 bits per heavy atom. The number of para-hydroxylation sites is 1. The Bertz CT molecular complexity index is 1370. The van der Waals surface area contributed by atoms with Crippen molar-refractivity contribution in [1.29, 1.82) is 10.5 Å². The van der Waals surface area contributed by atoms with Gasteiger partial charge in [-0.1, -0.05) is 30.3 Å². The molecule has 0 aliphatic heterocycles. The highest BCUT2D eigenvalue weighted by Crippen LogP contribution is 2.21. The van der Waals surface area contributed by atoms with E-state index in [4.69, 9.17) is 15.3 Å². The first-order chi connectivity index (χ1) is 14.7. The Labute approximate surface area is 171 Å². The topological polar surface area (TPSA) is 117 Å². The smallest absolute Gasteiger partial charge is 0.324 e. The van der Waals surface area contributed by atoms with E-state index in [0.29, 0.717) is 22.4 Å². The van der Waals surface area contributed by atoms with Crippen molar-refractivity contribution in [2.24, 2.45) is 0 Å². The molecule has 0 N–H and O–H groups in total. The van der Waals surface area contributed by atoms with E-state index in [-0.39, 0.29) is 30.3 Å². The summed E-state index contributed by atoms with van der Waals surface area (Å²) >= 11 is 0. The zero-order chi connectivity index (χ0) is 20.9. The molecule has 0 aliphatic rings. The lowest BCUT2D eigenvalue weighted by Crippen LogP contribution is -2.24. The van der Waals surface area contributed by atoms with Crippen molar-refractivity contribution in [3.8, 4) is 35.2 Å². The molecule has 8 heteroatoms. The molecule has 4 rings (SSSR count). The van der Waals surface area contributed by atoms with Crippen LogP contribution >= 0.6 is 0 Å². The van der Waals surface area contributed by atoms with E-state index in [1.165, 1.54) is 10.8 Å². The lowest BCUT2D eigenvalue weighted by atomic mass is 10.1. The van der Waals surface area contributed by atoms with Gasteiger partial charge in [-0.3, -0.25) is 9.36 Å². The lowest BCUT2D eigenvalue weighted by Gasteiger charge is -2.11. The second-order valence-corrected chi connectivity index (χ2v) is 6.29. The standard InChI is InChI=1S/C22H14N6O2/c23-10-5-11-28-20-18(14-25-22(27-20)30-17-8-2-1-3-9-17)26-19(21(28)29)16-7-4-6-15(12-16)13-24/h1-4,6-9,12,14H,5,11H2. The Kier molecular flexibility index (Phi) is 5.14. The zero-order valence-electron chi connectivity index (χ0n) is 15.7. The number of ether oxygens (including phenoxy) is 1. The highest BCUT2D eigenvalue weighted by atomic mass is 16.5. The largest absolute Gasteiger partial charge is 0.424 e. The number of nitrogens with zero attached hydrogens (tertiary/aromatic N) is 6. The third-order valence-electron chi connectivity index (χ3n) is 4.33. The van der Waals surface area contributed by atoms with Crippen molar-refractivity contribution in [1.82, 2.24) is 19.5 Å². The van der Waals surface area contributed by atoms with Crippen molar-refractivity contribution in [3.63, 3.8) is 0 Å². The van der Waals surface area contributed by atoms with Gasteiger partial charge in [-0.25, -0.2) is 9.97 Å². The molecule has 0 amide bonds. The van der Waals surface area contributed by atoms with E-state index >= 15 is 0 Å². The van der Waals surface area contributed by atoms with Crippen LogP contribution in [0.15, 0.2) is 65.6 Å². The fourth-order valence-corrected chi connectivity index (χ4v) is 2.96. The molecule has 0 radical (unpaired) electrons. The Balaban J connectivity index is 1.87. The van der Waals surface area contributed by atoms with Crippen LogP contribution < -0.4 is 10.3 Å². The first kappa shape index (κ1) is 18.8. The summed E-state index contributed by atoms with van der Waals surface area (Å²) in [7, 11) is 0. The molecule has 2 aromatic heterocycles. The molecular formula is C22H14N6O2. The molecule has 4 aromatic rings. The Morgan fingerprint density at radius 3 is 2.63 bits per heavy atom. The van der Waals surface area contributed by atoms with E-state index in [9.17, 15) is 4.79 Å². The zero-order valence-corrected chi connectivity index (χ0v) is 15.7. The fraction of sp³-hybridized carbons (Fsp3) is 0.0909. The van der Waals surface area contributed by atoms with E-state index in [2.05, 4.69) is 21.0 Å². The molecule has 0 spiro atoms. The fourth-order valence-electron chi connectivity index (χ4n) is 2.96. The summed E-state index contributed by atoms with van der Waals surface area (Å²) in [5.74, 6) is 0.556. The second-order valence-electron chi connectivity index (χ2n) is 6.29. The molecule has 2 aromatic carbocycles. The SMILES string of the molecule is N#CCCn1c(=O)c(-c2cccc(C#N)c2)nc2cnc(Oc3ccccc3)nc21. The third-order valence-corrected chi connectivity index (χ3v) is 4.33. The summed E-state index contributed by atoms with van der Waals surface area (Å²) in [5, 5.41) is 18.2. The summed E-state index contributed by atoms with van der Waals surface area (Å²) in [6.45, 7) is 0.140. The first-order valence-corrected chi connectivity index (χ1v) is 9.07. The summed E-state index contributed by atoms with van der Waals surface area (Å²) in [6, 6.07) is 19.8. The Morgan fingerprint density at radius 2 is 1.87 bits per heavy atom. The molecule has 0 unspecified atom stereocenters. The van der Waals surface area contributed by atoms with Crippen LogP contribution in [0.5, 0.6) is 11.8 Å². The molecule has 8 nitrogen and oxygen atoms in total. The number of rotatable bonds is 5. The van der Waals surface area contributed by atoms with Gasteiger partial charge in [0, 0.05) is 12.1 Å². The van der Waals surface area contributed by atoms with Gasteiger partial charge in [0.15, 0.2) is 5.65 Å². The number of aromatic nitrogens is 4. The number of hydrogen-bond acceptors (Lipinski definition) is 7. The van der Waals surface area contributed by atoms with Gasteiger partial charge in [0.25, 0.3) is 5.56 Å². The molecule has 2 heterocycles. The van der Waals surface area contributed by atoms with Gasteiger partial charge in [0.2, 0.25) is 0 Å². The van der Waals surface area contributed by atoms with Crippen molar-refractivity contribution in [3.05, 3.63) is 76.7 Å². The quantitative estimate of drug-likeness (QED) is 0.509. The monoisotopic (exact) mass is 394 g/mol. The number of aryl methyl sites for hydroxylation is 1. The minimum Gasteiger partial charge on any atom is -0.424 e.